The van der Waals surface area contributed by atoms with Crippen LogP contribution in [0.25, 0.3) is 17.1 Å². The average Bonchev–Trinajstić information content (AvgIpc) is 3.20. The van der Waals surface area contributed by atoms with E-state index in [1.54, 1.807) is 0 Å². The van der Waals surface area contributed by atoms with Crippen LogP contribution in [0.5, 0.6) is 0 Å². The summed E-state index contributed by atoms with van der Waals surface area (Å²) in [6, 6.07) is 16.0. The lowest BCUT2D eigenvalue weighted by molar-refractivity contribution is -0.120. The first-order valence-corrected chi connectivity index (χ1v) is 12.5. The minimum atomic E-state index is 0.0486. The summed E-state index contributed by atoms with van der Waals surface area (Å²) in [4.78, 5) is 12.7. The molecular weight excluding hydrogens is 440 g/mol. The van der Waals surface area contributed by atoms with E-state index >= 15 is 0 Å². The van der Waals surface area contributed by atoms with Gasteiger partial charge in [0, 0.05) is 22.3 Å². The van der Waals surface area contributed by atoms with Crippen LogP contribution in [-0.2, 0) is 4.79 Å². The molecule has 0 unspecified atom stereocenters. The zero-order valence-corrected chi connectivity index (χ0v) is 20.3. The Bertz CT molecular complexity index is 1060. The van der Waals surface area contributed by atoms with E-state index in [1.807, 2.05) is 41.0 Å². The molecule has 168 valence electrons. The number of halogens is 1. The molecule has 3 atom stereocenters. The van der Waals surface area contributed by atoms with Crippen molar-refractivity contribution in [1.82, 2.24) is 20.1 Å². The average molecular weight is 469 g/mol. The van der Waals surface area contributed by atoms with Crippen molar-refractivity contribution in [2.75, 3.05) is 5.75 Å². The molecule has 1 fully saturated rings. The highest BCUT2D eigenvalue weighted by molar-refractivity contribution is 7.99. The molecule has 0 aliphatic heterocycles. The molecule has 2 aromatic carbocycles. The topological polar surface area (TPSA) is 59.8 Å². The fourth-order valence-electron chi connectivity index (χ4n) is 4.24. The number of nitrogens with one attached hydrogen (secondary N) is 1. The molecule has 1 N–H and O–H groups in total. The van der Waals surface area contributed by atoms with Crippen LogP contribution in [0.2, 0.25) is 5.02 Å². The summed E-state index contributed by atoms with van der Waals surface area (Å²) in [6.07, 6.45) is 3.48. The Morgan fingerprint density at radius 3 is 2.53 bits per heavy atom. The number of aryl methyl sites for hydroxylation is 1. The van der Waals surface area contributed by atoms with Gasteiger partial charge in [0.1, 0.15) is 0 Å². The van der Waals surface area contributed by atoms with Gasteiger partial charge in [0.25, 0.3) is 0 Å². The molecule has 3 aromatic rings. The van der Waals surface area contributed by atoms with Crippen LogP contribution in [0.4, 0.5) is 0 Å². The van der Waals surface area contributed by atoms with Gasteiger partial charge in [0.05, 0.1) is 5.75 Å². The van der Waals surface area contributed by atoms with E-state index in [0.717, 1.165) is 23.5 Å². The molecule has 1 aliphatic rings. The SMILES string of the molecule is Cc1ccc(-n2c(SCC(=O)N[C@H]3CCC[C@H](C)[C@@H]3C)nnc2-c2ccc(Cl)cc2)cc1. The summed E-state index contributed by atoms with van der Waals surface area (Å²) < 4.78 is 2.01. The Labute approximate surface area is 199 Å². The van der Waals surface area contributed by atoms with Gasteiger partial charge in [0.2, 0.25) is 5.91 Å². The molecule has 1 aromatic heterocycles. The summed E-state index contributed by atoms with van der Waals surface area (Å²) in [7, 11) is 0. The third-order valence-corrected chi connectivity index (χ3v) is 7.59. The summed E-state index contributed by atoms with van der Waals surface area (Å²) in [6.45, 7) is 6.58. The Hall–Kier alpha value is -2.31. The zero-order chi connectivity index (χ0) is 22.7. The number of hydrogen-bond donors (Lipinski definition) is 1. The number of thioether (sulfide) groups is 1. The van der Waals surface area contributed by atoms with E-state index in [-0.39, 0.29) is 11.9 Å². The Morgan fingerprint density at radius 1 is 1.09 bits per heavy atom. The maximum absolute atomic E-state index is 12.7. The lowest BCUT2D eigenvalue weighted by Crippen LogP contribution is -2.44. The minimum Gasteiger partial charge on any atom is -0.352 e. The highest BCUT2D eigenvalue weighted by Crippen LogP contribution is 2.31. The lowest BCUT2D eigenvalue weighted by Gasteiger charge is -2.34. The molecule has 0 spiro atoms. The Balaban J connectivity index is 1.55. The minimum absolute atomic E-state index is 0.0486. The Morgan fingerprint density at radius 2 is 1.81 bits per heavy atom. The molecule has 5 nitrogen and oxygen atoms in total. The molecule has 1 heterocycles. The van der Waals surface area contributed by atoms with Gasteiger partial charge in [-0.15, -0.1) is 10.2 Å². The number of rotatable bonds is 6. The maximum atomic E-state index is 12.7. The first kappa shape index (κ1) is 22.9. The summed E-state index contributed by atoms with van der Waals surface area (Å²) in [5.74, 6) is 2.23. The number of carbonyl (C=O) groups is 1. The molecule has 1 aliphatic carbocycles. The van der Waals surface area contributed by atoms with Crippen molar-refractivity contribution in [3.63, 3.8) is 0 Å². The summed E-state index contributed by atoms with van der Waals surface area (Å²) >= 11 is 7.49. The largest absolute Gasteiger partial charge is 0.352 e. The number of amides is 1. The number of benzene rings is 2. The standard InChI is InChI=1S/C25H29ClN4OS/c1-16-7-13-21(14-8-16)30-24(19-9-11-20(26)12-10-19)28-29-25(30)32-15-23(31)27-22-6-4-5-17(2)18(22)3/h7-14,17-18,22H,4-6,15H2,1-3H3,(H,27,31)/t17-,18-,22-/m0/s1. The van der Waals surface area contributed by atoms with Crippen LogP contribution in [0, 0.1) is 18.8 Å². The first-order chi connectivity index (χ1) is 15.4. The molecule has 0 bridgehead atoms. The van der Waals surface area contributed by atoms with E-state index < -0.39 is 0 Å². The molecule has 1 amide bonds. The molecule has 7 heteroatoms. The Kier molecular flexibility index (Phi) is 7.21. The number of carbonyl (C=O) groups excluding carboxylic acids is 1. The smallest absolute Gasteiger partial charge is 0.230 e. The van der Waals surface area contributed by atoms with Crippen molar-refractivity contribution >= 4 is 29.3 Å². The molecule has 4 rings (SSSR count). The summed E-state index contributed by atoms with van der Waals surface area (Å²) in [5, 5.41) is 13.5. The predicted octanol–water partition coefficient (Wildman–Crippen LogP) is 5.93. The monoisotopic (exact) mass is 468 g/mol. The van der Waals surface area contributed by atoms with Gasteiger partial charge in [-0.3, -0.25) is 9.36 Å². The summed E-state index contributed by atoms with van der Waals surface area (Å²) in [5.41, 5.74) is 3.06. The maximum Gasteiger partial charge on any atom is 0.230 e. The third-order valence-electron chi connectivity index (χ3n) is 6.41. The first-order valence-electron chi connectivity index (χ1n) is 11.1. The van der Waals surface area contributed by atoms with Crippen molar-refractivity contribution in [2.45, 2.75) is 51.2 Å². The van der Waals surface area contributed by atoms with Crippen LogP contribution in [-0.4, -0.2) is 32.5 Å². The number of hydrogen-bond acceptors (Lipinski definition) is 4. The van der Waals surface area contributed by atoms with E-state index in [9.17, 15) is 4.79 Å². The van der Waals surface area contributed by atoms with Crippen molar-refractivity contribution in [3.8, 4) is 17.1 Å². The molecular formula is C25H29ClN4OS. The molecule has 1 saturated carbocycles. The van der Waals surface area contributed by atoms with Crippen LogP contribution in [0.15, 0.2) is 53.7 Å². The van der Waals surface area contributed by atoms with Crippen molar-refractivity contribution < 1.29 is 4.79 Å². The highest BCUT2D eigenvalue weighted by atomic mass is 35.5. The normalized spacial score (nSPS) is 20.8. The van der Waals surface area contributed by atoms with E-state index in [2.05, 4.69) is 48.4 Å². The second kappa shape index (κ2) is 10.1. The zero-order valence-electron chi connectivity index (χ0n) is 18.7. The van der Waals surface area contributed by atoms with Crippen molar-refractivity contribution in [2.24, 2.45) is 11.8 Å². The van der Waals surface area contributed by atoms with Gasteiger partial charge in [-0.2, -0.15) is 0 Å². The second-order valence-electron chi connectivity index (χ2n) is 8.71. The van der Waals surface area contributed by atoms with Gasteiger partial charge in [-0.25, -0.2) is 0 Å². The lowest BCUT2D eigenvalue weighted by atomic mass is 9.78. The van der Waals surface area contributed by atoms with Crippen molar-refractivity contribution in [3.05, 3.63) is 59.1 Å². The van der Waals surface area contributed by atoms with E-state index in [1.165, 1.54) is 30.2 Å². The fraction of sp³-hybridized carbons (Fsp3) is 0.400. The quantitative estimate of drug-likeness (QED) is 0.455. The van der Waals surface area contributed by atoms with Gasteiger partial charge < -0.3 is 5.32 Å². The van der Waals surface area contributed by atoms with Crippen molar-refractivity contribution in [1.29, 1.82) is 0 Å². The van der Waals surface area contributed by atoms with Gasteiger partial charge in [0.15, 0.2) is 11.0 Å². The second-order valence-corrected chi connectivity index (χ2v) is 10.1. The van der Waals surface area contributed by atoms with Crippen LogP contribution in [0.3, 0.4) is 0 Å². The van der Waals surface area contributed by atoms with Crippen LogP contribution < -0.4 is 5.32 Å². The van der Waals surface area contributed by atoms with Gasteiger partial charge >= 0.3 is 0 Å². The third kappa shape index (κ3) is 5.18. The number of aromatic nitrogens is 3. The molecule has 32 heavy (non-hydrogen) atoms. The van der Waals surface area contributed by atoms with E-state index in [0.29, 0.717) is 27.8 Å². The van der Waals surface area contributed by atoms with E-state index in [4.69, 9.17) is 11.6 Å². The fourth-order valence-corrected chi connectivity index (χ4v) is 5.13. The molecule has 0 radical (unpaired) electrons. The van der Waals surface area contributed by atoms with Crippen LogP contribution in [0.1, 0.15) is 38.7 Å². The number of nitrogens with zero attached hydrogens (tertiary/aromatic N) is 3. The highest BCUT2D eigenvalue weighted by Gasteiger charge is 2.28. The predicted molar refractivity (Wildman–Crippen MR) is 131 cm³/mol. The van der Waals surface area contributed by atoms with Gasteiger partial charge in [-0.1, -0.05) is 67.7 Å². The van der Waals surface area contributed by atoms with Gasteiger partial charge in [-0.05, 0) is 61.6 Å². The van der Waals surface area contributed by atoms with Crippen LogP contribution >= 0.6 is 23.4 Å². The molecule has 0 saturated heterocycles.